The van der Waals surface area contributed by atoms with Crippen LogP contribution in [0.25, 0.3) is 0 Å². The van der Waals surface area contributed by atoms with Crippen LogP contribution in [0.15, 0.2) is 18.2 Å². The lowest BCUT2D eigenvalue weighted by atomic mass is 10.1. The van der Waals surface area contributed by atoms with E-state index in [0.717, 1.165) is 19.4 Å². The Bertz CT molecular complexity index is 532. The van der Waals surface area contributed by atoms with Gasteiger partial charge in [0.2, 0.25) is 5.91 Å². The monoisotopic (exact) mass is 278 g/mol. The molecule has 2 rings (SSSR count). The Morgan fingerprint density at radius 1 is 1.60 bits per heavy atom. The molecule has 3 N–H and O–H groups in total. The zero-order valence-electron chi connectivity index (χ0n) is 11.3. The second kappa shape index (κ2) is 5.87. The zero-order chi connectivity index (χ0) is 14.7. The minimum absolute atomic E-state index is 0.0184. The number of carbonyl (C=O) groups excluding carboxylic acids is 1. The highest BCUT2D eigenvalue weighted by Crippen LogP contribution is 2.25. The summed E-state index contributed by atoms with van der Waals surface area (Å²) < 4.78 is 0. The van der Waals surface area contributed by atoms with Gasteiger partial charge in [-0.25, -0.2) is 0 Å². The molecule has 1 unspecified atom stereocenters. The van der Waals surface area contributed by atoms with Gasteiger partial charge in [-0.15, -0.1) is 0 Å². The third kappa shape index (κ3) is 2.88. The number of rotatable bonds is 4. The molecule has 7 heteroatoms. The number of nitrogens with one attached hydrogen (secondary N) is 1. The molecule has 1 saturated heterocycles. The Balaban J connectivity index is 2.18. The van der Waals surface area contributed by atoms with E-state index in [9.17, 15) is 14.9 Å². The predicted octanol–water partition coefficient (Wildman–Crippen LogP) is 0.887. The van der Waals surface area contributed by atoms with Crippen molar-refractivity contribution in [1.82, 2.24) is 10.2 Å². The highest BCUT2D eigenvalue weighted by atomic mass is 16.6. The number of nitrogens with zero attached hydrogens (tertiary/aromatic N) is 2. The van der Waals surface area contributed by atoms with Crippen molar-refractivity contribution in [3.8, 4) is 0 Å². The molecule has 1 fully saturated rings. The standard InChI is InChI=1S/C13H18N4O3/c1-15-13(18)12-3-2-6-16(12)8-9-7-10(17(19)20)4-5-11(9)14/h4-5,7,12H,2-3,6,8,14H2,1H3,(H,15,18). The zero-order valence-corrected chi connectivity index (χ0v) is 11.3. The van der Waals surface area contributed by atoms with Crippen LogP contribution >= 0.6 is 0 Å². The molecule has 0 aromatic heterocycles. The van der Waals surface area contributed by atoms with E-state index in [2.05, 4.69) is 5.32 Å². The van der Waals surface area contributed by atoms with E-state index >= 15 is 0 Å². The van der Waals surface area contributed by atoms with E-state index in [0.29, 0.717) is 17.8 Å². The number of nitro benzene ring substituents is 1. The van der Waals surface area contributed by atoms with Crippen LogP contribution in [0.4, 0.5) is 11.4 Å². The normalized spacial score (nSPS) is 18.9. The molecule has 0 spiro atoms. The second-order valence-electron chi connectivity index (χ2n) is 4.88. The van der Waals surface area contributed by atoms with Crippen molar-refractivity contribution in [2.45, 2.75) is 25.4 Å². The van der Waals surface area contributed by atoms with Crippen LogP contribution < -0.4 is 11.1 Å². The van der Waals surface area contributed by atoms with E-state index < -0.39 is 4.92 Å². The van der Waals surface area contributed by atoms with E-state index in [4.69, 9.17) is 5.73 Å². The molecular weight excluding hydrogens is 260 g/mol. The summed E-state index contributed by atoms with van der Waals surface area (Å²) in [6, 6.07) is 4.23. The fourth-order valence-corrected chi connectivity index (χ4v) is 2.54. The summed E-state index contributed by atoms with van der Waals surface area (Å²) >= 11 is 0. The summed E-state index contributed by atoms with van der Waals surface area (Å²) in [4.78, 5) is 24.2. The summed E-state index contributed by atoms with van der Waals surface area (Å²) in [7, 11) is 1.61. The van der Waals surface area contributed by atoms with Crippen molar-refractivity contribution in [3.63, 3.8) is 0 Å². The first-order valence-corrected chi connectivity index (χ1v) is 6.51. The molecule has 1 amide bonds. The predicted molar refractivity (Wildman–Crippen MR) is 75.0 cm³/mol. The van der Waals surface area contributed by atoms with E-state index in [1.54, 1.807) is 13.1 Å². The van der Waals surface area contributed by atoms with E-state index in [1.165, 1.54) is 12.1 Å². The molecule has 20 heavy (non-hydrogen) atoms. The van der Waals surface area contributed by atoms with Gasteiger partial charge in [0, 0.05) is 31.4 Å². The Kier molecular flexibility index (Phi) is 4.19. The molecule has 108 valence electrons. The molecule has 0 aliphatic carbocycles. The van der Waals surface area contributed by atoms with Crippen molar-refractivity contribution < 1.29 is 9.72 Å². The summed E-state index contributed by atoms with van der Waals surface area (Å²) in [5.74, 6) is -0.0218. The Morgan fingerprint density at radius 2 is 2.35 bits per heavy atom. The number of carbonyl (C=O) groups is 1. The molecule has 1 aromatic carbocycles. The maximum atomic E-state index is 11.8. The first-order chi connectivity index (χ1) is 9.52. The van der Waals surface area contributed by atoms with Crippen LogP contribution in [0.3, 0.4) is 0 Å². The molecular formula is C13H18N4O3. The average Bonchev–Trinajstić information content (AvgIpc) is 2.88. The topological polar surface area (TPSA) is 102 Å². The van der Waals surface area contributed by atoms with Crippen molar-refractivity contribution in [3.05, 3.63) is 33.9 Å². The van der Waals surface area contributed by atoms with Crippen molar-refractivity contribution >= 4 is 17.3 Å². The number of nitro groups is 1. The van der Waals surface area contributed by atoms with Crippen LogP contribution in [-0.2, 0) is 11.3 Å². The number of nitrogens with two attached hydrogens (primary N) is 1. The van der Waals surface area contributed by atoms with Crippen molar-refractivity contribution in [2.75, 3.05) is 19.3 Å². The van der Waals surface area contributed by atoms with Gasteiger partial charge in [0.15, 0.2) is 0 Å². The molecule has 1 aliphatic heterocycles. The van der Waals surface area contributed by atoms with Gasteiger partial charge < -0.3 is 11.1 Å². The first kappa shape index (κ1) is 14.3. The SMILES string of the molecule is CNC(=O)C1CCCN1Cc1cc([N+](=O)[O-])ccc1N. The number of hydrogen-bond donors (Lipinski definition) is 2. The number of amides is 1. The van der Waals surface area contributed by atoms with Gasteiger partial charge in [-0.3, -0.25) is 19.8 Å². The Morgan fingerprint density at radius 3 is 3.00 bits per heavy atom. The highest BCUT2D eigenvalue weighted by molar-refractivity contribution is 5.81. The lowest BCUT2D eigenvalue weighted by molar-refractivity contribution is -0.384. The summed E-state index contributed by atoms with van der Waals surface area (Å²) in [5.41, 5.74) is 7.09. The van der Waals surface area contributed by atoms with Crippen LogP contribution in [0.5, 0.6) is 0 Å². The maximum absolute atomic E-state index is 11.8. The molecule has 0 radical (unpaired) electrons. The van der Waals surface area contributed by atoms with Crippen LogP contribution in [-0.4, -0.2) is 35.4 Å². The number of benzene rings is 1. The molecule has 1 aromatic rings. The number of likely N-dealkylation sites (tertiary alicyclic amines) is 1. The third-order valence-electron chi connectivity index (χ3n) is 3.62. The molecule has 1 aliphatic rings. The van der Waals surface area contributed by atoms with Gasteiger partial charge in [0.05, 0.1) is 11.0 Å². The maximum Gasteiger partial charge on any atom is 0.269 e. The largest absolute Gasteiger partial charge is 0.398 e. The average molecular weight is 278 g/mol. The molecule has 0 saturated carbocycles. The van der Waals surface area contributed by atoms with Crippen molar-refractivity contribution in [1.29, 1.82) is 0 Å². The van der Waals surface area contributed by atoms with Gasteiger partial charge in [0.1, 0.15) is 0 Å². The summed E-state index contributed by atoms with van der Waals surface area (Å²) in [6.07, 6.45) is 1.74. The quantitative estimate of drug-likeness (QED) is 0.484. The molecule has 1 heterocycles. The van der Waals surface area contributed by atoms with Gasteiger partial charge in [-0.2, -0.15) is 0 Å². The number of anilines is 1. The third-order valence-corrected chi connectivity index (χ3v) is 3.62. The van der Waals surface area contributed by atoms with Crippen LogP contribution in [0.2, 0.25) is 0 Å². The highest BCUT2D eigenvalue weighted by Gasteiger charge is 2.30. The fourth-order valence-electron chi connectivity index (χ4n) is 2.54. The van der Waals surface area contributed by atoms with Gasteiger partial charge in [0.25, 0.3) is 5.69 Å². The smallest absolute Gasteiger partial charge is 0.269 e. The van der Waals surface area contributed by atoms with E-state index in [1.807, 2.05) is 4.90 Å². The number of likely N-dealkylation sites (N-methyl/N-ethyl adjacent to an activating group) is 1. The summed E-state index contributed by atoms with van der Waals surface area (Å²) in [5, 5.41) is 13.5. The minimum atomic E-state index is -0.441. The minimum Gasteiger partial charge on any atom is -0.398 e. The van der Waals surface area contributed by atoms with Crippen LogP contribution in [0, 0.1) is 10.1 Å². The number of nitrogen functional groups attached to an aromatic ring is 1. The van der Waals surface area contributed by atoms with Crippen molar-refractivity contribution in [2.24, 2.45) is 0 Å². The van der Waals surface area contributed by atoms with Crippen LogP contribution in [0.1, 0.15) is 18.4 Å². The van der Waals surface area contributed by atoms with E-state index in [-0.39, 0.29) is 17.6 Å². The second-order valence-corrected chi connectivity index (χ2v) is 4.88. The Hall–Kier alpha value is -2.15. The van der Waals surface area contributed by atoms with Gasteiger partial charge >= 0.3 is 0 Å². The van der Waals surface area contributed by atoms with Gasteiger partial charge in [-0.1, -0.05) is 0 Å². The molecule has 0 bridgehead atoms. The number of hydrogen-bond acceptors (Lipinski definition) is 5. The number of non-ortho nitro benzene ring substituents is 1. The van der Waals surface area contributed by atoms with Gasteiger partial charge in [-0.05, 0) is 31.0 Å². The fraction of sp³-hybridized carbons (Fsp3) is 0.462. The Labute approximate surface area is 116 Å². The lowest BCUT2D eigenvalue weighted by Gasteiger charge is -2.23. The lowest BCUT2D eigenvalue weighted by Crippen LogP contribution is -2.41. The first-order valence-electron chi connectivity index (χ1n) is 6.51. The molecule has 7 nitrogen and oxygen atoms in total. The summed E-state index contributed by atoms with van der Waals surface area (Å²) in [6.45, 7) is 1.24. The molecule has 1 atom stereocenters.